The van der Waals surface area contributed by atoms with Gasteiger partial charge in [0.15, 0.2) is 0 Å². The van der Waals surface area contributed by atoms with Crippen molar-refractivity contribution in [1.82, 2.24) is 0 Å². The fourth-order valence-electron chi connectivity index (χ4n) is 7.24. The van der Waals surface area contributed by atoms with Crippen LogP contribution in [0.4, 0.5) is 28.4 Å². The molecule has 1 aliphatic carbocycles. The third-order valence-corrected chi connectivity index (χ3v) is 10.2. The molecule has 0 fully saturated rings. The second-order valence-corrected chi connectivity index (χ2v) is 14.3. The van der Waals surface area contributed by atoms with Crippen LogP contribution >= 0.6 is 0 Å². The highest BCUT2D eigenvalue weighted by Gasteiger charge is 2.14. The highest BCUT2D eigenvalue weighted by atomic mass is 15.1. The van der Waals surface area contributed by atoms with Crippen LogP contribution in [0.5, 0.6) is 0 Å². The van der Waals surface area contributed by atoms with Crippen molar-refractivity contribution in [2.45, 2.75) is 19.8 Å². The van der Waals surface area contributed by atoms with Crippen LogP contribution in [0.25, 0.3) is 39.0 Å². The maximum absolute atomic E-state index is 3.69. The van der Waals surface area contributed by atoms with Gasteiger partial charge >= 0.3 is 0 Å². The van der Waals surface area contributed by atoms with Gasteiger partial charge in [0.2, 0.25) is 0 Å². The Labute approximate surface area is 337 Å². The third kappa shape index (κ3) is 9.21. The summed E-state index contributed by atoms with van der Waals surface area (Å²) in [5, 5.41) is 3.69. The molecule has 0 amide bonds. The zero-order chi connectivity index (χ0) is 38.7. The van der Waals surface area contributed by atoms with E-state index in [9.17, 15) is 0 Å². The Morgan fingerprint density at radius 2 is 0.912 bits per heavy atom. The lowest BCUT2D eigenvalue weighted by molar-refractivity contribution is 1.04. The monoisotopic (exact) mass is 734 g/mol. The van der Waals surface area contributed by atoms with Crippen LogP contribution in [0, 0.1) is 6.92 Å². The van der Waals surface area contributed by atoms with Gasteiger partial charge in [-0.2, -0.15) is 0 Å². The first-order valence-corrected chi connectivity index (χ1v) is 19.7. The lowest BCUT2D eigenvalue weighted by atomic mass is 9.94. The molecule has 0 saturated heterocycles. The molecule has 0 aliphatic heterocycles. The molecule has 8 aromatic carbocycles. The molecule has 2 heteroatoms. The summed E-state index contributed by atoms with van der Waals surface area (Å²) in [5.74, 6) is 0. The minimum Gasteiger partial charge on any atom is -0.355 e. The molecule has 57 heavy (non-hydrogen) atoms. The van der Waals surface area contributed by atoms with Crippen molar-refractivity contribution in [3.05, 3.63) is 242 Å². The number of nitrogens with one attached hydrogen (secondary N) is 1. The molecular weight excluding hydrogens is 689 g/mol. The number of nitrogens with zero attached hydrogens (tertiary/aromatic N) is 1. The summed E-state index contributed by atoms with van der Waals surface area (Å²) in [6.07, 6.45) is 9.04. The topological polar surface area (TPSA) is 15.3 Å². The minimum atomic E-state index is 1.08. The molecule has 276 valence electrons. The second kappa shape index (κ2) is 18.0. The average Bonchev–Trinajstić information content (AvgIpc) is 3.29. The first-order chi connectivity index (χ1) is 28.2. The Morgan fingerprint density at radius 3 is 1.46 bits per heavy atom. The van der Waals surface area contributed by atoms with Crippen LogP contribution in [0.1, 0.15) is 24.0 Å². The van der Waals surface area contributed by atoms with E-state index in [2.05, 4.69) is 223 Å². The predicted octanol–water partition coefficient (Wildman–Crippen LogP) is 15.6. The molecule has 2 nitrogen and oxygen atoms in total. The van der Waals surface area contributed by atoms with E-state index < -0.39 is 0 Å². The van der Waals surface area contributed by atoms with Crippen LogP contribution in [-0.4, -0.2) is 0 Å². The van der Waals surface area contributed by atoms with E-state index >= 15 is 0 Å². The normalized spacial score (nSPS) is 11.8. The molecule has 0 aromatic heterocycles. The zero-order valence-electron chi connectivity index (χ0n) is 32.3. The van der Waals surface area contributed by atoms with Gasteiger partial charge in [0.05, 0.1) is 0 Å². The van der Waals surface area contributed by atoms with E-state index in [1.165, 1.54) is 50.1 Å². The number of rotatable bonds is 9. The molecule has 0 saturated carbocycles. The Bertz CT molecular complexity index is 2520. The third-order valence-electron chi connectivity index (χ3n) is 10.2. The summed E-state index contributed by atoms with van der Waals surface area (Å²) < 4.78 is 0. The van der Waals surface area contributed by atoms with Crippen molar-refractivity contribution in [3.8, 4) is 33.4 Å². The summed E-state index contributed by atoms with van der Waals surface area (Å²) >= 11 is 0. The summed E-state index contributed by atoms with van der Waals surface area (Å²) in [4.78, 5) is 2.30. The Hall–Kier alpha value is -7.16. The van der Waals surface area contributed by atoms with Gasteiger partial charge in [0.1, 0.15) is 0 Å². The van der Waals surface area contributed by atoms with Gasteiger partial charge in [-0.05, 0) is 113 Å². The summed E-state index contributed by atoms with van der Waals surface area (Å²) in [7, 11) is 0. The van der Waals surface area contributed by atoms with Crippen LogP contribution in [0.2, 0.25) is 0 Å². The van der Waals surface area contributed by atoms with Crippen LogP contribution in [0.15, 0.2) is 231 Å². The van der Waals surface area contributed by atoms with Crippen LogP contribution < -0.4 is 10.2 Å². The molecule has 0 unspecified atom stereocenters. The van der Waals surface area contributed by atoms with Crippen LogP contribution in [-0.2, 0) is 0 Å². The number of allylic oxidation sites excluding steroid dienone is 4. The van der Waals surface area contributed by atoms with E-state index in [0.29, 0.717) is 0 Å². The number of para-hydroxylation sites is 3. The van der Waals surface area contributed by atoms with Gasteiger partial charge in [-0.3, -0.25) is 0 Å². The minimum absolute atomic E-state index is 1.08. The van der Waals surface area contributed by atoms with Gasteiger partial charge in [-0.25, -0.2) is 0 Å². The van der Waals surface area contributed by atoms with Gasteiger partial charge in [-0.1, -0.05) is 182 Å². The summed E-state index contributed by atoms with van der Waals surface area (Å²) in [6, 6.07) is 75.2. The number of anilines is 5. The quantitative estimate of drug-likeness (QED) is 0.159. The summed E-state index contributed by atoms with van der Waals surface area (Å²) in [6.45, 7) is 2.08. The molecule has 9 rings (SSSR count). The SMILES string of the molecule is C1=CC(c2ccc(-c3ccc(-c4ccc(-c5cccc(N(c6ccccc6)c6ccccc6)c5)cc4)cc3)c(Nc3ccccc3)c2)=CCC1.Cc1ccccc1. The van der Waals surface area contributed by atoms with Gasteiger partial charge in [0.25, 0.3) is 0 Å². The molecule has 1 aliphatic rings. The second-order valence-electron chi connectivity index (χ2n) is 14.3. The molecular formula is C55H46N2. The molecule has 1 N–H and O–H groups in total. The maximum Gasteiger partial charge on any atom is 0.0470 e. The Morgan fingerprint density at radius 1 is 0.404 bits per heavy atom. The highest BCUT2D eigenvalue weighted by Crippen LogP contribution is 2.38. The standard InChI is InChI=1S/C48H38N2.C7H8/c1-5-14-36(15-6-1)42-32-33-47(48(35-42)49-43-17-7-2-8-18-43)40-30-28-38(29-31-40)37-24-26-39(27-25-37)41-16-13-23-46(34-41)50(44-19-9-3-10-20-44)45-21-11-4-12-22-45;1-7-5-3-2-4-6-7/h2-5,7-35,49H,1,6H2;2-6H,1H3. The van der Waals surface area contributed by atoms with E-state index in [1.807, 2.05) is 24.3 Å². The van der Waals surface area contributed by atoms with E-state index in [1.54, 1.807) is 0 Å². The van der Waals surface area contributed by atoms with Crippen molar-refractivity contribution in [1.29, 1.82) is 0 Å². The molecule has 0 spiro atoms. The first-order valence-electron chi connectivity index (χ1n) is 19.7. The van der Waals surface area contributed by atoms with Gasteiger partial charge < -0.3 is 10.2 Å². The van der Waals surface area contributed by atoms with Gasteiger partial charge in [0, 0.05) is 34.0 Å². The zero-order valence-corrected chi connectivity index (χ0v) is 32.3. The molecule has 0 atom stereocenters. The Kier molecular flexibility index (Phi) is 11.6. The van der Waals surface area contributed by atoms with Crippen molar-refractivity contribution < 1.29 is 0 Å². The molecule has 0 bridgehead atoms. The van der Waals surface area contributed by atoms with Crippen molar-refractivity contribution in [3.63, 3.8) is 0 Å². The fourth-order valence-corrected chi connectivity index (χ4v) is 7.24. The number of aryl methyl sites for hydroxylation is 1. The average molecular weight is 735 g/mol. The van der Waals surface area contributed by atoms with Gasteiger partial charge in [-0.15, -0.1) is 0 Å². The smallest absolute Gasteiger partial charge is 0.0470 e. The maximum atomic E-state index is 3.69. The van der Waals surface area contributed by atoms with Crippen molar-refractivity contribution in [2.24, 2.45) is 0 Å². The molecule has 0 heterocycles. The number of hydrogen-bond donors (Lipinski definition) is 1. The fraction of sp³-hybridized carbons (Fsp3) is 0.0545. The predicted molar refractivity (Wildman–Crippen MR) is 245 cm³/mol. The van der Waals surface area contributed by atoms with E-state index in [0.717, 1.165) is 41.3 Å². The van der Waals surface area contributed by atoms with Crippen LogP contribution in [0.3, 0.4) is 0 Å². The number of benzene rings is 8. The lowest BCUT2D eigenvalue weighted by Gasteiger charge is -2.25. The highest BCUT2D eigenvalue weighted by molar-refractivity contribution is 5.87. The largest absolute Gasteiger partial charge is 0.355 e. The molecule has 8 aromatic rings. The summed E-state index contributed by atoms with van der Waals surface area (Å²) in [5.41, 5.74) is 16.5. The Balaban J connectivity index is 0.000000589. The van der Waals surface area contributed by atoms with E-state index in [4.69, 9.17) is 0 Å². The van der Waals surface area contributed by atoms with Crippen molar-refractivity contribution in [2.75, 3.05) is 10.2 Å². The molecule has 0 radical (unpaired) electrons. The van der Waals surface area contributed by atoms with E-state index in [-0.39, 0.29) is 0 Å². The van der Waals surface area contributed by atoms with Crippen molar-refractivity contribution >= 4 is 34.0 Å². The first kappa shape index (κ1) is 36.8. The number of hydrogen-bond acceptors (Lipinski definition) is 2. The lowest BCUT2D eigenvalue weighted by Crippen LogP contribution is -2.09.